The van der Waals surface area contributed by atoms with Crippen LogP contribution < -0.4 is 0 Å². The summed E-state index contributed by atoms with van der Waals surface area (Å²) in [4.78, 5) is 11.5. The first kappa shape index (κ1) is 11.7. The molecule has 0 saturated heterocycles. The Morgan fingerprint density at radius 3 is 2.72 bits per heavy atom. The van der Waals surface area contributed by atoms with Crippen LogP contribution >= 0.6 is 35.0 Å². The Hall–Kier alpha value is -1.37. The van der Waals surface area contributed by atoms with Gasteiger partial charge in [0.15, 0.2) is 10.3 Å². The smallest absolute Gasteiger partial charge is 0.244 e. The number of imidazole rings is 1. The monoisotopic (exact) mass is 297 g/mol. The highest BCUT2D eigenvalue weighted by molar-refractivity contribution is 7.99. The van der Waals surface area contributed by atoms with Crippen LogP contribution in [0.25, 0.3) is 11.0 Å². The predicted molar refractivity (Wildman–Crippen MR) is 70.1 cm³/mol. The number of H-pyrrole nitrogens is 1. The molecule has 8 heteroatoms. The summed E-state index contributed by atoms with van der Waals surface area (Å²) in [5, 5.41) is 8.64. The molecule has 5 nitrogen and oxygen atoms in total. The van der Waals surface area contributed by atoms with Crippen molar-refractivity contribution in [2.24, 2.45) is 0 Å². The maximum atomic E-state index is 5.89. The largest absolute Gasteiger partial charge is 0.333 e. The number of fused-ring (bicyclic) bond motifs is 1. The van der Waals surface area contributed by atoms with Gasteiger partial charge in [0.25, 0.3) is 0 Å². The summed E-state index contributed by atoms with van der Waals surface area (Å²) < 4.78 is 0. The summed E-state index contributed by atoms with van der Waals surface area (Å²) >= 11 is 12.8. The fourth-order valence-corrected chi connectivity index (χ4v) is 2.53. The molecule has 0 unspecified atom stereocenters. The van der Waals surface area contributed by atoms with E-state index in [0.29, 0.717) is 10.2 Å². The number of aromatic amines is 1. The van der Waals surface area contributed by atoms with Gasteiger partial charge in [-0.05, 0) is 35.5 Å². The van der Waals surface area contributed by atoms with E-state index in [-0.39, 0.29) is 10.4 Å². The van der Waals surface area contributed by atoms with E-state index in [0.717, 1.165) is 11.0 Å². The molecule has 0 amide bonds. The van der Waals surface area contributed by atoms with E-state index in [1.165, 1.54) is 11.8 Å². The molecule has 1 aromatic carbocycles. The van der Waals surface area contributed by atoms with Crippen molar-refractivity contribution in [3.63, 3.8) is 0 Å². The van der Waals surface area contributed by atoms with Gasteiger partial charge < -0.3 is 4.98 Å². The van der Waals surface area contributed by atoms with Gasteiger partial charge in [-0.25, -0.2) is 9.97 Å². The molecular formula is C10H5Cl2N5S. The molecule has 0 radical (unpaired) electrons. The van der Waals surface area contributed by atoms with E-state index in [2.05, 4.69) is 25.1 Å². The molecule has 0 atom stereocenters. The van der Waals surface area contributed by atoms with Crippen molar-refractivity contribution < 1.29 is 0 Å². The summed E-state index contributed by atoms with van der Waals surface area (Å²) in [7, 11) is 0. The average Bonchev–Trinajstić information content (AvgIpc) is 2.76. The summed E-state index contributed by atoms with van der Waals surface area (Å²) in [6.07, 6.45) is 0. The minimum Gasteiger partial charge on any atom is -0.333 e. The maximum absolute atomic E-state index is 5.89. The van der Waals surface area contributed by atoms with Crippen LogP contribution in [0.2, 0.25) is 10.4 Å². The standard InChI is InChI=1S/C10H5Cl2N5S/c11-7-8(15-9(12)17-16-7)18-10-13-5-3-1-2-4-6(5)14-10/h1-4H,(H,13,14). The van der Waals surface area contributed by atoms with E-state index < -0.39 is 0 Å². The first-order chi connectivity index (χ1) is 8.72. The molecule has 2 aromatic heterocycles. The molecule has 0 aliphatic heterocycles. The topological polar surface area (TPSA) is 67.3 Å². The van der Waals surface area contributed by atoms with Crippen LogP contribution in [-0.4, -0.2) is 25.1 Å². The molecule has 0 aliphatic rings. The van der Waals surface area contributed by atoms with Crippen LogP contribution in [0.4, 0.5) is 0 Å². The summed E-state index contributed by atoms with van der Waals surface area (Å²) in [6.45, 7) is 0. The lowest BCUT2D eigenvalue weighted by atomic mass is 10.3. The highest BCUT2D eigenvalue weighted by atomic mass is 35.5. The third kappa shape index (κ3) is 2.27. The minimum atomic E-state index is 0.0537. The quantitative estimate of drug-likeness (QED) is 0.787. The fourth-order valence-electron chi connectivity index (χ4n) is 1.41. The van der Waals surface area contributed by atoms with Crippen molar-refractivity contribution in [2.75, 3.05) is 0 Å². The van der Waals surface area contributed by atoms with Crippen LogP contribution in [0.15, 0.2) is 34.4 Å². The van der Waals surface area contributed by atoms with Crippen LogP contribution in [0, 0.1) is 0 Å². The average molecular weight is 298 g/mol. The molecule has 3 rings (SSSR count). The molecule has 0 bridgehead atoms. The number of aromatic nitrogens is 5. The Bertz CT molecular complexity index is 681. The van der Waals surface area contributed by atoms with Crippen molar-refractivity contribution >= 4 is 46.0 Å². The number of halogens is 2. The number of hydrogen-bond donors (Lipinski definition) is 1. The molecule has 1 N–H and O–H groups in total. The molecule has 0 fully saturated rings. The van der Waals surface area contributed by atoms with Gasteiger partial charge in [0.05, 0.1) is 11.0 Å². The number of nitrogens with zero attached hydrogens (tertiary/aromatic N) is 4. The summed E-state index contributed by atoms with van der Waals surface area (Å²) in [6, 6.07) is 7.72. The first-order valence-corrected chi connectivity index (χ1v) is 6.48. The number of para-hydroxylation sites is 2. The number of rotatable bonds is 2. The zero-order valence-corrected chi connectivity index (χ0v) is 11.1. The van der Waals surface area contributed by atoms with E-state index in [4.69, 9.17) is 23.2 Å². The zero-order chi connectivity index (χ0) is 12.5. The van der Waals surface area contributed by atoms with Gasteiger partial charge in [-0.2, -0.15) is 0 Å². The van der Waals surface area contributed by atoms with E-state index in [1.54, 1.807) is 0 Å². The molecule has 0 spiro atoms. The molecule has 3 aromatic rings. The number of nitrogens with one attached hydrogen (secondary N) is 1. The van der Waals surface area contributed by atoms with E-state index in [9.17, 15) is 0 Å². The summed E-state index contributed by atoms with van der Waals surface area (Å²) in [5.74, 6) is 0. The Labute approximate surface area is 116 Å². The third-order valence-electron chi connectivity index (χ3n) is 2.15. The number of hydrogen-bond acceptors (Lipinski definition) is 5. The lowest BCUT2D eigenvalue weighted by Crippen LogP contribution is -1.91. The van der Waals surface area contributed by atoms with Crippen LogP contribution in [-0.2, 0) is 0 Å². The molecule has 0 aliphatic carbocycles. The Balaban J connectivity index is 1.98. The van der Waals surface area contributed by atoms with E-state index >= 15 is 0 Å². The Kier molecular flexibility index (Phi) is 3.07. The number of benzene rings is 1. The maximum Gasteiger partial charge on any atom is 0.244 e. The molecular weight excluding hydrogens is 293 g/mol. The molecule has 0 saturated carbocycles. The van der Waals surface area contributed by atoms with Crippen molar-refractivity contribution in [3.05, 3.63) is 34.7 Å². The van der Waals surface area contributed by atoms with Crippen LogP contribution in [0.3, 0.4) is 0 Å². The van der Waals surface area contributed by atoms with Crippen molar-refractivity contribution in [1.82, 2.24) is 25.1 Å². The van der Waals surface area contributed by atoms with Gasteiger partial charge in [0, 0.05) is 0 Å². The molecule has 18 heavy (non-hydrogen) atoms. The van der Waals surface area contributed by atoms with Crippen molar-refractivity contribution in [1.29, 1.82) is 0 Å². The predicted octanol–water partition coefficient (Wildman–Crippen LogP) is 3.21. The van der Waals surface area contributed by atoms with Gasteiger partial charge in [0.1, 0.15) is 5.03 Å². The van der Waals surface area contributed by atoms with Gasteiger partial charge >= 0.3 is 0 Å². The SMILES string of the molecule is Clc1nnc(Cl)c(Sc2nc3ccccc3[nH]2)n1. The highest BCUT2D eigenvalue weighted by Gasteiger charge is 2.11. The van der Waals surface area contributed by atoms with Crippen LogP contribution in [0.1, 0.15) is 0 Å². The second-order valence-electron chi connectivity index (χ2n) is 3.34. The van der Waals surface area contributed by atoms with Gasteiger partial charge in [-0.1, -0.05) is 23.7 Å². The molecule has 90 valence electrons. The highest BCUT2D eigenvalue weighted by Crippen LogP contribution is 2.29. The second-order valence-corrected chi connectivity index (χ2v) is 5.01. The Morgan fingerprint density at radius 2 is 1.89 bits per heavy atom. The Morgan fingerprint density at radius 1 is 1.06 bits per heavy atom. The summed E-state index contributed by atoms with van der Waals surface area (Å²) in [5.41, 5.74) is 1.83. The van der Waals surface area contributed by atoms with Gasteiger partial charge in [-0.15, -0.1) is 10.2 Å². The minimum absolute atomic E-state index is 0.0537. The van der Waals surface area contributed by atoms with Crippen molar-refractivity contribution in [2.45, 2.75) is 10.2 Å². The van der Waals surface area contributed by atoms with Gasteiger partial charge in [-0.3, -0.25) is 0 Å². The lowest BCUT2D eigenvalue weighted by Gasteiger charge is -1.98. The normalized spacial score (nSPS) is 11.0. The van der Waals surface area contributed by atoms with Gasteiger partial charge in [0.2, 0.25) is 5.28 Å². The zero-order valence-electron chi connectivity index (χ0n) is 8.76. The second kappa shape index (κ2) is 4.72. The lowest BCUT2D eigenvalue weighted by molar-refractivity contribution is 0.901. The fraction of sp³-hybridized carbons (Fsp3) is 0. The third-order valence-corrected chi connectivity index (χ3v) is 3.54. The van der Waals surface area contributed by atoms with E-state index in [1.807, 2.05) is 24.3 Å². The molecule has 2 heterocycles. The first-order valence-electron chi connectivity index (χ1n) is 4.91. The van der Waals surface area contributed by atoms with Crippen LogP contribution in [0.5, 0.6) is 0 Å². The van der Waals surface area contributed by atoms with Crippen molar-refractivity contribution in [3.8, 4) is 0 Å².